The van der Waals surface area contributed by atoms with Crippen molar-refractivity contribution in [1.29, 1.82) is 5.26 Å². The number of amides is 1. The van der Waals surface area contributed by atoms with Crippen LogP contribution in [0, 0.1) is 25.2 Å². The molecule has 0 aliphatic heterocycles. The Hall–Kier alpha value is -2.51. The molecule has 0 radical (unpaired) electrons. The maximum Gasteiger partial charge on any atom is 0.264 e. The van der Waals surface area contributed by atoms with Gasteiger partial charge in [0.2, 0.25) is 0 Å². The molecule has 1 aromatic heterocycles. The molecule has 0 atom stereocenters. The van der Waals surface area contributed by atoms with Gasteiger partial charge >= 0.3 is 0 Å². The van der Waals surface area contributed by atoms with Crippen LogP contribution in [0.3, 0.4) is 0 Å². The zero-order chi connectivity index (χ0) is 19.3. The van der Waals surface area contributed by atoms with E-state index in [0.29, 0.717) is 11.6 Å². The van der Waals surface area contributed by atoms with E-state index in [2.05, 4.69) is 17.6 Å². The molecule has 0 N–H and O–H groups in total. The molecular formula is C21H24ClN3O. The van der Waals surface area contributed by atoms with Gasteiger partial charge in [0.25, 0.3) is 5.91 Å². The second-order valence-corrected chi connectivity index (χ2v) is 6.87. The molecule has 1 aromatic carbocycles. The molecule has 0 bridgehead atoms. The number of aryl methyl sites for hydroxylation is 1. The zero-order valence-corrected chi connectivity index (χ0v) is 16.5. The summed E-state index contributed by atoms with van der Waals surface area (Å²) >= 11 is 5.89. The lowest BCUT2D eigenvalue weighted by molar-refractivity contribution is -0.125. The van der Waals surface area contributed by atoms with Crippen LogP contribution in [0.15, 0.2) is 35.9 Å². The van der Waals surface area contributed by atoms with Crippen LogP contribution in [-0.4, -0.2) is 22.4 Å². The van der Waals surface area contributed by atoms with Gasteiger partial charge in [-0.15, -0.1) is 0 Å². The number of halogens is 1. The Balaban J connectivity index is 2.22. The smallest absolute Gasteiger partial charge is 0.264 e. The molecule has 0 spiro atoms. The average Bonchev–Trinajstić information content (AvgIpc) is 2.88. The van der Waals surface area contributed by atoms with Gasteiger partial charge in [-0.2, -0.15) is 5.26 Å². The van der Waals surface area contributed by atoms with Crippen molar-refractivity contribution < 1.29 is 4.79 Å². The quantitative estimate of drug-likeness (QED) is 0.545. The summed E-state index contributed by atoms with van der Waals surface area (Å²) in [5.74, 6) is -0.289. The van der Waals surface area contributed by atoms with E-state index in [-0.39, 0.29) is 11.5 Å². The summed E-state index contributed by atoms with van der Waals surface area (Å²) in [5.41, 5.74) is 4.22. The van der Waals surface area contributed by atoms with Crippen LogP contribution < -0.4 is 0 Å². The molecular weight excluding hydrogens is 346 g/mol. The van der Waals surface area contributed by atoms with Gasteiger partial charge in [-0.3, -0.25) is 4.79 Å². The van der Waals surface area contributed by atoms with E-state index in [9.17, 15) is 10.1 Å². The Morgan fingerprint density at radius 1 is 1.31 bits per heavy atom. The van der Waals surface area contributed by atoms with Crippen molar-refractivity contribution in [2.45, 2.75) is 40.3 Å². The van der Waals surface area contributed by atoms with E-state index >= 15 is 0 Å². The van der Waals surface area contributed by atoms with Gasteiger partial charge in [0, 0.05) is 36.5 Å². The Morgan fingerprint density at radius 3 is 2.54 bits per heavy atom. The monoisotopic (exact) mass is 369 g/mol. The van der Waals surface area contributed by atoms with Crippen LogP contribution in [0.25, 0.3) is 6.08 Å². The lowest BCUT2D eigenvalue weighted by atomic mass is 10.1. The molecule has 1 heterocycles. The number of carbonyl (C=O) groups excluding carboxylic acids is 1. The van der Waals surface area contributed by atoms with Gasteiger partial charge in [0.05, 0.1) is 0 Å². The largest absolute Gasteiger partial charge is 0.349 e. The van der Waals surface area contributed by atoms with Crippen molar-refractivity contribution >= 4 is 23.6 Å². The highest BCUT2D eigenvalue weighted by Gasteiger charge is 2.16. The van der Waals surface area contributed by atoms with Gasteiger partial charge in [0.15, 0.2) is 0 Å². The van der Waals surface area contributed by atoms with Gasteiger partial charge < -0.3 is 9.47 Å². The molecule has 26 heavy (non-hydrogen) atoms. The second-order valence-electron chi connectivity index (χ2n) is 6.44. The molecule has 0 saturated heterocycles. The minimum atomic E-state index is -0.289. The minimum absolute atomic E-state index is 0.137. The lowest BCUT2D eigenvalue weighted by Crippen LogP contribution is -2.27. The predicted octanol–water partition coefficient (Wildman–Crippen LogP) is 4.73. The normalized spacial score (nSPS) is 11.3. The Labute approximate surface area is 160 Å². The van der Waals surface area contributed by atoms with Crippen LogP contribution in [0.5, 0.6) is 0 Å². The van der Waals surface area contributed by atoms with Crippen molar-refractivity contribution in [1.82, 2.24) is 9.47 Å². The van der Waals surface area contributed by atoms with Gasteiger partial charge in [-0.05, 0) is 55.7 Å². The first-order valence-electron chi connectivity index (χ1n) is 8.65. The second kappa shape index (κ2) is 8.73. The SMILES string of the molecule is CCCn1c(C)cc(/C=C(\C#N)C(=O)N(C)Cc2ccc(Cl)cc2)c1C. The number of hydrogen-bond donors (Lipinski definition) is 0. The summed E-state index contributed by atoms with van der Waals surface area (Å²) in [4.78, 5) is 14.2. The Kier molecular flexibility index (Phi) is 6.65. The molecule has 5 heteroatoms. The molecule has 4 nitrogen and oxygen atoms in total. The maximum absolute atomic E-state index is 12.7. The molecule has 136 valence electrons. The topological polar surface area (TPSA) is 49.0 Å². The summed E-state index contributed by atoms with van der Waals surface area (Å²) in [5, 5.41) is 10.1. The number of carbonyl (C=O) groups is 1. The lowest BCUT2D eigenvalue weighted by Gasteiger charge is -2.16. The van der Waals surface area contributed by atoms with E-state index < -0.39 is 0 Å². The van der Waals surface area contributed by atoms with E-state index in [1.54, 1.807) is 30.2 Å². The first kappa shape index (κ1) is 19.8. The van der Waals surface area contributed by atoms with Crippen molar-refractivity contribution in [2.24, 2.45) is 0 Å². The third kappa shape index (κ3) is 4.56. The zero-order valence-electron chi connectivity index (χ0n) is 15.7. The highest BCUT2D eigenvalue weighted by atomic mass is 35.5. The number of nitrogens with zero attached hydrogens (tertiary/aromatic N) is 3. The Morgan fingerprint density at radius 2 is 1.96 bits per heavy atom. The van der Waals surface area contributed by atoms with E-state index in [0.717, 1.165) is 35.5 Å². The summed E-state index contributed by atoms with van der Waals surface area (Å²) < 4.78 is 2.21. The third-order valence-corrected chi connectivity index (χ3v) is 4.64. The van der Waals surface area contributed by atoms with Crippen LogP contribution in [0.2, 0.25) is 5.02 Å². The highest BCUT2D eigenvalue weighted by Crippen LogP contribution is 2.20. The fourth-order valence-electron chi connectivity index (χ4n) is 2.98. The standard InChI is InChI=1S/C21H24ClN3O/c1-5-10-25-15(2)11-18(16(25)3)12-19(13-23)21(26)24(4)14-17-6-8-20(22)9-7-17/h6-9,11-12H,5,10,14H2,1-4H3/b19-12+. The van der Waals surface area contributed by atoms with Crippen LogP contribution in [0.4, 0.5) is 0 Å². The van der Waals surface area contributed by atoms with Crippen molar-refractivity contribution in [2.75, 3.05) is 7.05 Å². The van der Waals surface area contributed by atoms with E-state index in [4.69, 9.17) is 11.6 Å². The van der Waals surface area contributed by atoms with Crippen LogP contribution in [-0.2, 0) is 17.9 Å². The number of likely N-dealkylation sites (N-methyl/N-ethyl adjacent to an activating group) is 1. The van der Waals surface area contributed by atoms with Crippen LogP contribution in [0.1, 0.15) is 35.9 Å². The number of benzene rings is 1. The van der Waals surface area contributed by atoms with Crippen molar-refractivity contribution in [3.05, 3.63) is 63.4 Å². The van der Waals surface area contributed by atoms with Gasteiger partial charge in [0.1, 0.15) is 11.6 Å². The number of rotatable bonds is 6. The first-order valence-corrected chi connectivity index (χ1v) is 9.03. The number of nitriles is 1. The van der Waals surface area contributed by atoms with E-state index in [1.165, 1.54) is 0 Å². The fourth-order valence-corrected chi connectivity index (χ4v) is 3.11. The third-order valence-electron chi connectivity index (χ3n) is 4.39. The minimum Gasteiger partial charge on any atom is -0.349 e. The van der Waals surface area contributed by atoms with Gasteiger partial charge in [-0.1, -0.05) is 30.7 Å². The van der Waals surface area contributed by atoms with Gasteiger partial charge in [-0.25, -0.2) is 0 Å². The molecule has 0 fully saturated rings. The first-order chi connectivity index (χ1) is 12.4. The molecule has 2 rings (SSSR count). The van der Waals surface area contributed by atoms with E-state index in [1.807, 2.05) is 32.0 Å². The summed E-state index contributed by atoms with van der Waals surface area (Å²) in [6.45, 7) is 7.54. The van der Waals surface area contributed by atoms with Crippen molar-refractivity contribution in [3.63, 3.8) is 0 Å². The molecule has 2 aromatic rings. The summed E-state index contributed by atoms with van der Waals surface area (Å²) in [6, 6.07) is 11.4. The summed E-state index contributed by atoms with van der Waals surface area (Å²) in [6.07, 6.45) is 2.72. The molecule has 0 unspecified atom stereocenters. The molecule has 1 amide bonds. The summed E-state index contributed by atoms with van der Waals surface area (Å²) in [7, 11) is 1.70. The Bertz CT molecular complexity index is 857. The highest BCUT2D eigenvalue weighted by molar-refractivity contribution is 6.30. The number of aromatic nitrogens is 1. The molecule has 0 saturated carbocycles. The fraction of sp³-hybridized carbons (Fsp3) is 0.333. The predicted molar refractivity (Wildman–Crippen MR) is 106 cm³/mol. The number of hydrogen-bond acceptors (Lipinski definition) is 2. The van der Waals surface area contributed by atoms with Crippen LogP contribution >= 0.6 is 11.6 Å². The van der Waals surface area contributed by atoms with Crippen molar-refractivity contribution in [3.8, 4) is 6.07 Å². The molecule has 0 aliphatic carbocycles. The molecule has 0 aliphatic rings. The maximum atomic E-state index is 12.7. The average molecular weight is 370 g/mol.